The van der Waals surface area contributed by atoms with Gasteiger partial charge in [-0.3, -0.25) is 13.9 Å². The van der Waals surface area contributed by atoms with Gasteiger partial charge < -0.3 is 10.2 Å². The second-order valence-corrected chi connectivity index (χ2v) is 11.1. The molecular weight excluding hydrogens is 462 g/mol. The number of rotatable bonds is 12. The summed E-state index contributed by atoms with van der Waals surface area (Å²) < 4.78 is 26.3. The zero-order chi connectivity index (χ0) is 26.2. The van der Waals surface area contributed by atoms with E-state index in [1.54, 1.807) is 17.9 Å². The first-order valence-electron chi connectivity index (χ1n) is 12.1. The van der Waals surface area contributed by atoms with Crippen LogP contribution in [0.1, 0.15) is 55.4 Å². The van der Waals surface area contributed by atoms with E-state index in [4.69, 9.17) is 0 Å². The highest BCUT2D eigenvalue weighted by atomic mass is 32.2. The highest BCUT2D eigenvalue weighted by Crippen LogP contribution is 2.22. The maximum Gasteiger partial charge on any atom is 0.242 e. The summed E-state index contributed by atoms with van der Waals surface area (Å²) >= 11 is 0. The monoisotopic (exact) mass is 501 g/mol. The Balaban J connectivity index is 2.16. The Labute approximate surface area is 210 Å². The Kier molecular flexibility index (Phi) is 10.3. The van der Waals surface area contributed by atoms with Crippen LogP contribution in [0.5, 0.6) is 0 Å². The third-order valence-electron chi connectivity index (χ3n) is 6.12. The molecular formula is C27H39N3O4S. The van der Waals surface area contributed by atoms with Crippen LogP contribution in [0.3, 0.4) is 0 Å². The van der Waals surface area contributed by atoms with Gasteiger partial charge in [0.05, 0.1) is 11.9 Å². The summed E-state index contributed by atoms with van der Waals surface area (Å²) in [5.41, 5.74) is 4.73. The first-order valence-corrected chi connectivity index (χ1v) is 14.0. The molecule has 0 radical (unpaired) electrons. The molecule has 8 heteroatoms. The molecule has 1 atom stereocenters. The molecule has 2 aromatic carbocycles. The van der Waals surface area contributed by atoms with Crippen molar-refractivity contribution in [2.45, 2.75) is 66.5 Å². The summed E-state index contributed by atoms with van der Waals surface area (Å²) in [6.45, 7) is 10.7. The van der Waals surface area contributed by atoms with Gasteiger partial charge in [-0.1, -0.05) is 42.8 Å². The summed E-state index contributed by atoms with van der Waals surface area (Å²) in [5, 5.41) is 2.87. The van der Waals surface area contributed by atoms with Crippen molar-refractivity contribution in [2.75, 3.05) is 23.7 Å². The minimum atomic E-state index is -3.51. The molecule has 0 aromatic heterocycles. The van der Waals surface area contributed by atoms with Crippen LogP contribution < -0.4 is 9.62 Å². The van der Waals surface area contributed by atoms with E-state index in [0.29, 0.717) is 25.2 Å². The molecule has 2 amide bonds. The summed E-state index contributed by atoms with van der Waals surface area (Å²) in [7, 11) is -3.51. The summed E-state index contributed by atoms with van der Waals surface area (Å²) in [5.74, 6) is -0.376. The summed E-state index contributed by atoms with van der Waals surface area (Å²) in [4.78, 5) is 27.5. The van der Waals surface area contributed by atoms with Crippen LogP contribution in [-0.2, 0) is 26.2 Å². The number of sulfonamides is 1. The normalized spacial score (nSPS) is 12.2. The maximum atomic E-state index is 13.3. The molecule has 0 bridgehead atoms. The van der Waals surface area contributed by atoms with Crippen LogP contribution in [0.15, 0.2) is 42.5 Å². The standard InChI is InChI=1S/C27H39N3O4S/c1-7-16-28-27(32)23(5)29(19-24-13-10-20(2)11-14-24)26(31)9-8-17-30(35(6,33)34)25-15-12-21(3)22(4)18-25/h10-15,18,23H,7-9,16-17,19H2,1-6H3,(H,28,32)/t23-/m0/s1. The second-order valence-electron chi connectivity index (χ2n) is 9.18. The Morgan fingerprint density at radius 1 is 1.00 bits per heavy atom. The fourth-order valence-corrected chi connectivity index (χ4v) is 4.71. The van der Waals surface area contributed by atoms with Gasteiger partial charge in [0.25, 0.3) is 0 Å². The number of carbonyl (C=O) groups is 2. The number of carbonyl (C=O) groups excluding carboxylic acids is 2. The minimum absolute atomic E-state index is 0.133. The molecule has 0 heterocycles. The molecule has 0 saturated carbocycles. The van der Waals surface area contributed by atoms with Gasteiger partial charge in [-0.2, -0.15) is 0 Å². The SMILES string of the molecule is CCCNC(=O)[C@H](C)N(Cc1ccc(C)cc1)C(=O)CCCN(c1ccc(C)c(C)c1)S(C)(=O)=O. The van der Waals surface area contributed by atoms with Crippen LogP contribution in [0.4, 0.5) is 5.69 Å². The third-order valence-corrected chi connectivity index (χ3v) is 7.31. The number of benzene rings is 2. The number of aryl methyl sites for hydroxylation is 3. The molecule has 35 heavy (non-hydrogen) atoms. The van der Waals surface area contributed by atoms with Crippen molar-refractivity contribution in [1.29, 1.82) is 0 Å². The lowest BCUT2D eigenvalue weighted by molar-refractivity contribution is -0.140. The van der Waals surface area contributed by atoms with Crippen LogP contribution in [0.2, 0.25) is 0 Å². The van der Waals surface area contributed by atoms with Crippen molar-refractivity contribution in [3.63, 3.8) is 0 Å². The van der Waals surface area contributed by atoms with E-state index in [0.717, 1.165) is 28.7 Å². The highest BCUT2D eigenvalue weighted by Gasteiger charge is 2.26. The van der Waals surface area contributed by atoms with Gasteiger partial charge in [0, 0.05) is 26.1 Å². The van der Waals surface area contributed by atoms with E-state index in [-0.39, 0.29) is 24.8 Å². The first-order chi connectivity index (χ1) is 16.4. The Morgan fingerprint density at radius 2 is 1.66 bits per heavy atom. The number of hydrogen-bond acceptors (Lipinski definition) is 4. The van der Waals surface area contributed by atoms with Crippen molar-refractivity contribution in [3.05, 3.63) is 64.7 Å². The van der Waals surface area contributed by atoms with Crippen molar-refractivity contribution in [2.24, 2.45) is 0 Å². The van der Waals surface area contributed by atoms with Gasteiger partial charge >= 0.3 is 0 Å². The fourth-order valence-electron chi connectivity index (χ4n) is 3.75. The van der Waals surface area contributed by atoms with E-state index in [1.807, 2.05) is 64.1 Å². The quantitative estimate of drug-likeness (QED) is 0.474. The van der Waals surface area contributed by atoms with Crippen LogP contribution >= 0.6 is 0 Å². The van der Waals surface area contributed by atoms with Crippen LogP contribution in [0.25, 0.3) is 0 Å². The Hall–Kier alpha value is -2.87. The predicted molar refractivity (Wildman–Crippen MR) is 142 cm³/mol. The van der Waals surface area contributed by atoms with Gasteiger partial charge in [-0.15, -0.1) is 0 Å². The lowest BCUT2D eigenvalue weighted by atomic mass is 10.1. The van der Waals surface area contributed by atoms with Crippen LogP contribution in [0, 0.1) is 20.8 Å². The molecule has 0 unspecified atom stereocenters. The smallest absolute Gasteiger partial charge is 0.242 e. The van der Waals surface area contributed by atoms with Gasteiger partial charge in [-0.05, 0) is 69.4 Å². The predicted octanol–water partition coefficient (Wildman–Crippen LogP) is 4.10. The topological polar surface area (TPSA) is 86.8 Å². The molecule has 2 rings (SSSR count). The van der Waals surface area contributed by atoms with E-state index in [9.17, 15) is 18.0 Å². The first kappa shape index (κ1) is 28.4. The minimum Gasteiger partial charge on any atom is -0.354 e. The summed E-state index contributed by atoms with van der Waals surface area (Å²) in [6.07, 6.45) is 2.46. The van der Waals surface area contributed by atoms with Gasteiger partial charge in [0.2, 0.25) is 21.8 Å². The van der Waals surface area contributed by atoms with Gasteiger partial charge in [0.1, 0.15) is 6.04 Å². The maximum absolute atomic E-state index is 13.3. The number of anilines is 1. The summed E-state index contributed by atoms with van der Waals surface area (Å²) in [6, 6.07) is 12.8. The third kappa shape index (κ3) is 8.38. The van der Waals surface area contributed by atoms with E-state index < -0.39 is 16.1 Å². The molecule has 1 N–H and O–H groups in total. The van der Waals surface area contributed by atoms with E-state index in [1.165, 1.54) is 10.6 Å². The van der Waals surface area contributed by atoms with Crippen molar-refractivity contribution in [1.82, 2.24) is 10.2 Å². The van der Waals surface area contributed by atoms with Crippen molar-refractivity contribution < 1.29 is 18.0 Å². The zero-order valence-electron chi connectivity index (χ0n) is 21.8. The zero-order valence-corrected chi connectivity index (χ0v) is 22.6. The fraction of sp³-hybridized carbons (Fsp3) is 0.481. The van der Waals surface area contributed by atoms with Crippen LogP contribution in [-0.4, -0.2) is 50.5 Å². The second kappa shape index (κ2) is 12.7. The lowest BCUT2D eigenvalue weighted by Gasteiger charge is -2.29. The molecule has 0 aliphatic heterocycles. The lowest BCUT2D eigenvalue weighted by Crippen LogP contribution is -2.47. The number of amides is 2. The molecule has 0 saturated heterocycles. The van der Waals surface area contributed by atoms with E-state index in [2.05, 4.69) is 5.32 Å². The molecule has 0 aliphatic rings. The number of nitrogens with one attached hydrogen (secondary N) is 1. The molecule has 2 aromatic rings. The number of nitrogens with zero attached hydrogens (tertiary/aromatic N) is 2. The molecule has 0 fully saturated rings. The molecule has 7 nitrogen and oxygen atoms in total. The Morgan fingerprint density at radius 3 is 2.23 bits per heavy atom. The van der Waals surface area contributed by atoms with E-state index >= 15 is 0 Å². The molecule has 0 spiro atoms. The molecule has 0 aliphatic carbocycles. The van der Waals surface area contributed by atoms with Gasteiger partial charge in [0.15, 0.2) is 0 Å². The Bertz CT molecular complexity index is 1110. The number of hydrogen-bond donors (Lipinski definition) is 1. The molecule has 192 valence electrons. The van der Waals surface area contributed by atoms with Crippen molar-refractivity contribution >= 4 is 27.5 Å². The van der Waals surface area contributed by atoms with Crippen molar-refractivity contribution in [3.8, 4) is 0 Å². The highest BCUT2D eigenvalue weighted by molar-refractivity contribution is 7.92. The average Bonchev–Trinajstić information content (AvgIpc) is 2.80. The average molecular weight is 502 g/mol. The largest absolute Gasteiger partial charge is 0.354 e. The van der Waals surface area contributed by atoms with Gasteiger partial charge in [-0.25, -0.2) is 8.42 Å².